The van der Waals surface area contributed by atoms with E-state index in [0.29, 0.717) is 5.56 Å². The summed E-state index contributed by atoms with van der Waals surface area (Å²) in [5, 5.41) is 22.1. The normalized spacial score (nSPS) is 11.2. The van der Waals surface area contributed by atoms with Gasteiger partial charge in [0.1, 0.15) is 17.9 Å². The number of carbonyl (C=O) groups excluding carboxylic acids is 2. The molecule has 188 valence electrons. The Bertz CT molecular complexity index is 1450. The predicted molar refractivity (Wildman–Crippen MR) is 133 cm³/mol. The van der Waals surface area contributed by atoms with Gasteiger partial charge < -0.3 is 29.5 Å². The number of carbonyl (C=O) groups is 2. The van der Waals surface area contributed by atoms with Crippen LogP contribution in [0.3, 0.4) is 0 Å². The smallest absolute Gasteiger partial charge is 0.338 e. The number of ether oxygens (including phenoxy) is 1. The Morgan fingerprint density at radius 3 is 2.33 bits per heavy atom. The van der Waals surface area contributed by atoms with Crippen molar-refractivity contribution in [2.24, 2.45) is 0 Å². The number of nitrogens with one attached hydrogen (secondary N) is 2. The van der Waals surface area contributed by atoms with Crippen LogP contribution in [0.15, 0.2) is 52.9 Å². The summed E-state index contributed by atoms with van der Waals surface area (Å²) in [5.74, 6) is 0.407. The number of rotatable bonds is 5. The second-order valence-electron chi connectivity index (χ2n) is 8.15. The Morgan fingerprint density at radius 2 is 1.69 bits per heavy atom. The zero-order chi connectivity index (χ0) is 26.4. The number of anilines is 1. The van der Waals surface area contributed by atoms with Crippen LogP contribution in [0.5, 0.6) is 0 Å². The van der Waals surface area contributed by atoms with Crippen LogP contribution < -0.4 is 25.9 Å². The summed E-state index contributed by atoms with van der Waals surface area (Å²) in [6.07, 6.45) is -2.33. The minimum Gasteiger partial charge on any atom is -0.652 e. The van der Waals surface area contributed by atoms with Crippen molar-refractivity contribution in [3.05, 3.63) is 70.6 Å². The first kappa shape index (κ1) is 26.3. The van der Waals surface area contributed by atoms with Crippen molar-refractivity contribution in [3.8, 4) is 22.5 Å². The lowest BCUT2D eigenvalue weighted by molar-refractivity contribution is -0.496. The van der Waals surface area contributed by atoms with Gasteiger partial charge in [0, 0.05) is 40.4 Å². The van der Waals surface area contributed by atoms with Crippen LogP contribution >= 0.6 is 0 Å². The number of hydrogen-bond donors (Lipinski definition) is 2. The molecule has 0 saturated heterocycles. The maximum atomic E-state index is 12.6. The second-order valence-corrected chi connectivity index (χ2v) is 8.15. The van der Waals surface area contributed by atoms with Gasteiger partial charge in [0.2, 0.25) is 5.36 Å². The zero-order valence-electron chi connectivity index (χ0n) is 21.0. The summed E-state index contributed by atoms with van der Waals surface area (Å²) in [7, 11) is 1.41. The van der Waals surface area contributed by atoms with Crippen LogP contribution in [0.4, 0.5) is 10.5 Å². The molecule has 0 unspecified atom stereocenters. The molecular formula is C28H29N2O6-. The van der Waals surface area contributed by atoms with Crippen molar-refractivity contribution in [2.75, 3.05) is 25.5 Å². The minimum absolute atomic E-state index is 0.357. The molecule has 0 bridgehead atoms. The predicted octanol–water partition coefficient (Wildman–Crippen LogP) is 1.59. The van der Waals surface area contributed by atoms with Crippen molar-refractivity contribution in [1.29, 1.82) is 0 Å². The van der Waals surface area contributed by atoms with Gasteiger partial charge >= 0.3 is 5.97 Å². The molecule has 8 nitrogen and oxygen atoms in total. The summed E-state index contributed by atoms with van der Waals surface area (Å²) < 4.78 is 11.5. The number of aryl methyl sites for hydroxylation is 2. The fourth-order valence-electron chi connectivity index (χ4n) is 4.24. The number of esters is 1. The van der Waals surface area contributed by atoms with Crippen molar-refractivity contribution >= 4 is 28.8 Å². The van der Waals surface area contributed by atoms with Gasteiger partial charge in [-0.15, -0.1) is 0 Å². The number of carboxylic acid groups (broad SMARTS) is 2. The van der Waals surface area contributed by atoms with E-state index < -0.39 is 6.16 Å². The van der Waals surface area contributed by atoms with Gasteiger partial charge in [0.15, 0.2) is 0 Å². The first-order valence-corrected chi connectivity index (χ1v) is 11.6. The lowest BCUT2D eigenvalue weighted by atomic mass is 9.89. The van der Waals surface area contributed by atoms with Crippen molar-refractivity contribution in [3.63, 3.8) is 0 Å². The minimum atomic E-state index is -2.33. The van der Waals surface area contributed by atoms with E-state index >= 15 is 0 Å². The summed E-state index contributed by atoms with van der Waals surface area (Å²) in [4.78, 5) is 24.4. The molecule has 2 aromatic rings. The first-order chi connectivity index (χ1) is 17.2. The van der Waals surface area contributed by atoms with Crippen molar-refractivity contribution in [2.45, 2.75) is 27.7 Å². The number of benzene rings is 3. The summed E-state index contributed by atoms with van der Waals surface area (Å²) >= 11 is 0. The molecule has 0 radical (unpaired) electrons. The fourth-order valence-corrected chi connectivity index (χ4v) is 4.24. The molecule has 2 N–H and O–H groups in total. The van der Waals surface area contributed by atoms with E-state index in [2.05, 4.69) is 50.1 Å². The van der Waals surface area contributed by atoms with E-state index in [-0.39, 0.29) is 5.97 Å². The lowest BCUT2D eigenvalue weighted by Gasteiger charge is -2.19. The summed E-state index contributed by atoms with van der Waals surface area (Å²) in [6, 6.07) is 15.9. The molecule has 4 rings (SSSR count). The van der Waals surface area contributed by atoms with Gasteiger partial charge in [0.25, 0.3) is 0 Å². The van der Waals surface area contributed by atoms with Crippen LogP contribution in [-0.4, -0.2) is 32.3 Å². The van der Waals surface area contributed by atoms with E-state index in [1.165, 1.54) is 7.11 Å². The maximum Gasteiger partial charge on any atom is 0.338 e. The highest BCUT2D eigenvalue weighted by Crippen LogP contribution is 2.42. The molecule has 0 saturated carbocycles. The average molecular weight is 490 g/mol. The highest BCUT2D eigenvalue weighted by atomic mass is 16.6. The molecular weight excluding hydrogens is 460 g/mol. The fraction of sp³-hybridized carbons (Fsp3) is 0.250. The van der Waals surface area contributed by atoms with Crippen LogP contribution in [0.25, 0.3) is 33.4 Å². The van der Waals surface area contributed by atoms with Crippen LogP contribution in [0.1, 0.15) is 35.3 Å². The summed E-state index contributed by atoms with van der Waals surface area (Å²) in [6.45, 7) is 9.95. The molecule has 0 amide bonds. The maximum absolute atomic E-state index is 12.6. The number of hydrogen-bond acceptors (Lipinski definition) is 7. The van der Waals surface area contributed by atoms with Gasteiger partial charge in [-0.25, -0.2) is 9.79 Å². The van der Waals surface area contributed by atoms with Crippen LogP contribution in [-0.2, 0) is 4.74 Å². The van der Waals surface area contributed by atoms with E-state index in [1.54, 1.807) is 0 Å². The Labute approximate surface area is 209 Å². The van der Waals surface area contributed by atoms with E-state index in [4.69, 9.17) is 24.2 Å². The van der Waals surface area contributed by atoms with Gasteiger partial charge in [0.05, 0.1) is 18.7 Å². The molecule has 0 aromatic heterocycles. The Kier molecular flexibility index (Phi) is 8.32. The SMILES string of the molecule is CCNc1cc2oc3cc(=[NH+]CC)c(C)cc-3c(-c3ccccc3C(=O)OC)c2cc1C.O=C([O-])[O-]. The molecule has 8 heteroatoms. The van der Waals surface area contributed by atoms with Crippen LogP contribution in [0, 0.1) is 13.8 Å². The Hall–Kier alpha value is -4.33. The molecule has 0 fully saturated rings. The molecule has 1 aliphatic carbocycles. The molecule has 0 spiro atoms. The standard InChI is InChI=1S/C27H28N2O3.CH2O3/c1-6-28-22-14-24-20(12-16(22)3)26(18-10-8-9-11-19(18)27(30)31-5)21-13-17(4)23(29-7-2)15-25(21)32-24;2-1(3)4/h8-15,28H,6-7H2,1-5H3;(H2,2,3,4)/p-1. The molecule has 36 heavy (non-hydrogen) atoms. The van der Waals surface area contributed by atoms with E-state index in [1.807, 2.05) is 36.4 Å². The molecule has 1 heterocycles. The Morgan fingerprint density at radius 1 is 1.00 bits per heavy atom. The van der Waals surface area contributed by atoms with Gasteiger partial charge in [-0.2, -0.15) is 0 Å². The average Bonchev–Trinajstić information content (AvgIpc) is 2.84. The number of methoxy groups -OCH3 is 1. The molecule has 0 atom stereocenters. The monoisotopic (exact) mass is 489 g/mol. The first-order valence-electron chi connectivity index (χ1n) is 11.6. The molecule has 2 aromatic carbocycles. The van der Waals surface area contributed by atoms with Crippen LogP contribution in [0.2, 0.25) is 0 Å². The summed E-state index contributed by atoms with van der Waals surface area (Å²) in [5.41, 5.74) is 7.33. The third-order valence-corrected chi connectivity index (χ3v) is 5.75. The molecule has 2 aliphatic rings. The van der Waals surface area contributed by atoms with Crippen molar-refractivity contribution < 1.29 is 33.9 Å². The largest absolute Gasteiger partial charge is 0.652 e. The quantitative estimate of drug-likeness (QED) is 0.322. The second kappa shape index (κ2) is 11.4. The lowest BCUT2D eigenvalue weighted by Crippen LogP contribution is -2.76. The number of fused-ring (bicyclic) bond motifs is 2. The van der Waals surface area contributed by atoms with E-state index in [0.717, 1.165) is 68.7 Å². The highest BCUT2D eigenvalue weighted by Gasteiger charge is 2.23. The zero-order valence-corrected chi connectivity index (χ0v) is 21.0. The highest BCUT2D eigenvalue weighted by molar-refractivity contribution is 6.08. The van der Waals surface area contributed by atoms with Crippen molar-refractivity contribution in [1.82, 2.24) is 0 Å². The van der Waals surface area contributed by atoms with E-state index in [9.17, 15) is 4.79 Å². The Balaban J connectivity index is 0.000000840. The molecule has 1 aliphatic heterocycles. The third kappa shape index (κ3) is 5.49. The van der Waals surface area contributed by atoms with Gasteiger partial charge in [-0.1, -0.05) is 18.2 Å². The topological polar surface area (TPSA) is 129 Å². The van der Waals surface area contributed by atoms with Gasteiger partial charge in [-0.05, 0) is 63.2 Å². The third-order valence-electron chi connectivity index (χ3n) is 5.75. The van der Waals surface area contributed by atoms with Gasteiger partial charge in [-0.3, -0.25) is 0 Å².